The molecule has 0 fully saturated rings. The highest BCUT2D eigenvalue weighted by Gasteiger charge is 2.39. The lowest BCUT2D eigenvalue weighted by molar-refractivity contribution is -0.136. The van der Waals surface area contributed by atoms with Crippen LogP contribution in [0.25, 0.3) is 5.57 Å². The van der Waals surface area contributed by atoms with E-state index in [1.165, 1.54) is 28.4 Å². The second-order valence-electron chi connectivity index (χ2n) is 6.86. The molecule has 29 heavy (non-hydrogen) atoms. The molecule has 2 aromatic carbocycles. The van der Waals surface area contributed by atoms with Crippen LogP contribution in [0, 0.1) is 12.7 Å². The van der Waals surface area contributed by atoms with Gasteiger partial charge < -0.3 is 5.32 Å². The minimum Gasteiger partial charge on any atom is -0.350 e. The lowest BCUT2D eigenvalue weighted by atomic mass is 10.1. The maximum Gasteiger partial charge on any atom is 0.278 e. The third kappa shape index (κ3) is 3.98. The van der Waals surface area contributed by atoms with Crippen molar-refractivity contribution in [2.45, 2.75) is 13.3 Å². The van der Waals surface area contributed by atoms with Crippen LogP contribution in [0.15, 0.2) is 71.7 Å². The second-order valence-corrected chi connectivity index (χ2v) is 7.81. The number of nitrogens with one attached hydrogen (secondary N) is 1. The number of anilines is 1. The van der Waals surface area contributed by atoms with E-state index in [1.807, 2.05) is 48.7 Å². The average Bonchev–Trinajstić information content (AvgIpc) is 3.30. The van der Waals surface area contributed by atoms with Gasteiger partial charge in [0.05, 0.1) is 5.57 Å². The van der Waals surface area contributed by atoms with Crippen molar-refractivity contribution >= 4 is 34.4 Å². The number of carbonyl (C=O) groups is 2. The van der Waals surface area contributed by atoms with Gasteiger partial charge in [-0.2, -0.15) is 0 Å². The minimum atomic E-state index is -0.345. The summed E-state index contributed by atoms with van der Waals surface area (Å²) in [6.07, 6.45) is 0.465. The van der Waals surface area contributed by atoms with Gasteiger partial charge in [0.2, 0.25) is 0 Å². The van der Waals surface area contributed by atoms with Crippen LogP contribution in [0.1, 0.15) is 16.0 Å². The third-order valence-corrected chi connectivity index (χ3v) is 5.65. The number of aryl methyl sites for hydroxylation is 1. The molecule has 0 spiro atoms. The Morgan fingerprint density at radius 1 is 1.00 bits per heavy atom. The molecule has 0 saturated heterocycles. The first-order valence-electron chi connectivity index (χ1n) is 9.25. The molecule has 1 N–H and O–H groups in total. The highest BCUT2D eigenvalue weighted by molar-refractivity contribution is 7.11. The molecule has 1 aliphatic rings. The monoisotopic (exact) mass is 406 g/mol. The van der Waals surface area contributed by atoms with Crippen molar-refractivity contribution in [2.75, 3.05) is 11.9 Å². The lowest BCUT2D eigenvalue weighted by Gasteiger charge is -2.15. The number of benzene rings is 2. The van der Waals surface area contributed by atoms with Crippen molar-refractivity contribution in [3.8, 4) is 0 Å². The first kappa shape index (κ1) is 19.1. The van der Waals surface area contributed by atoms with Crippen molar-refractivity contribution in [3.05, 3.63) is 93.6 Å². The predicted octanol–water partition coefficient (Wildman–Crippen LogP) is 4.63. The second kappa shape index (κ2) is 8.01. The fraction of sp³-hybridized carbons (Fsp3) is 0.130. The third-order valence-electron chi connectivity index (χ3n) is 4.76. The Labute approximate surface area is 172 Å². The first-order valence-corrected chi connectivity index (χ1v) is 10.1. The molecule has 1 aromatic heterocycles. The molecule has 3 aromatic rings. The van der Waals surface area contributed by atoms with E-state index in [0.29, 0.717) is 17.7 Å². The first-order chi connectivity index (χ1) is 14.0. The number of carbonyl (C=O) groups excluding carboxylic acids is 2. The molecule has 4 rings (SSSR count). The normalized spacial score (nSPS) is 14.1. The summed E-state index contributed by atoms with van der Waals surface area (Å²) in [6.45, 7) is 2.20. The highest BCUT2D eigenvalue weighted by Crippen LogP contribution is 2.33. The zero-order valence-corrected chi connectivity index (χ0v) is 16.6. The summed E-state index contributed by atoms with van der Waals surface area (Å²) in [4.78, 5) is 28.2. The summed E-state index contributed by atoms with van der Waals surface area (Å²) in [5.74, 6) is -0.968. The van der Waals surface area contributed by atoms with Gasteiger partial charge in [-0.05, 0) is 60.2 Å². The fourth-order valence-electron chi connectivity index (χ4n) is 3.30. The number of amides is 2. The van der Waals surface area contributed by atoms with Gasteiger partial charge in [0, 0.05) is 17.1 Å². The van der Waals surface area contributed by atoms with Gasteiger partial charge in [-0.3, -0.25) is 14.5 Å². The number of imide groups is 1. The van der Waals surface area contributed by atoms with Gasteiger partial charge in [0.15, 0.2) is 0 Å². The summed E-state index contributed by atoms with van der Waals surface area (Å²) in [5.41, 5.74) is 3.37. The van der Waals surface area contributed by atoms with E-state index in [1.54, 1.807) is 12.1 Å². The molecule has 0 atom stereocenters. The minimum absolute atomic E-state index is 0.233. The van der Waals surface area contributed by atoms with Gasteiger partial charge in [0.25, 0.3) is 11.8 Å². The molecule has 0 unspecified atom stereocenters. The number of thiophene rings is 1. The Kier molecular flexibility index (Phi) is 5.27. The van der Waals surface area contributed by atoms with E-state index in [-0.39, 0.29) is 24.2 Å². The van der Waals surface area contributed by atoms with Gasteiger partial charge >= 0.3 is 0 Å². The van der Waals surface area contributed by atoms with Crippen LogP contribution in [0.2, 0.25) is 0 Å². The maximum absolute atomic E-state index is 13.1. The van der Waals surface area contributed by atoms with Gasteiger partial charge in [-0.15, -0.1) is 11.3 Å². The summed E-state index contributed by atoms with van der Waals surface area (Å²) >= 11 is 1.42. The van der Waals surface area contributed by atoms with E-state index in [0.717, 1.165) is 21.7 Å². The summed E-state index contributed by atoms with van der Waals surface area (Å²) < 4.78 is 13.1. The molecule has 2 amide bonds. The summed E-state index contributed by atoms with van der Waals surface area (Å²) in [7, 11) is 0. The standard InChI is InChI=1S/C23H19FN2O2S/c1-15-4-2-5-18(14-15)25-21-20(19-6-3-13-29-19)22(27)26(23(21)28)12-11-16-7-9-17(24)10-8-16/h2-10,13-14,25H,11-12H2,1H3. The highest BCUT2D eigenvalue weighted by atomic mass is 32.1. The number of nitrogens with zero attached hydrogens (tertiary/aromatic N) is 1. The maximum atomic E-state index is 13.1. The quantitative estimate of drug-likeness (QED) is 0.607. The summed E-state index contributed by atoms with van der Waals surface area (Å²) in [5, 5.41) is 5.04. The Morgan fingerprint density at radius 2 is 1.79 bits per heavy atom. The van der Waals surface area contributed by atoms with Crippen LogP contribution in [0.3, 0.4) is 0 Å². The molecule has 0 radical (unpaired) electrons. The molecule has 0 bridgehead atoms. The molecule has 2 heterocycles. The van der Waals surface area contributed by atoms with Crippen LogP contribution in [-0.4, -0.2) is 23.3 Å². The van der Waals surface area contributed by atoms with E-state index in [4.69, 9.17) is 0 Å². The van der Waals surface area contributed by atoms with Crippen LogP contribution >= 0.6 is 11.3 Å². The van der Waals surface area contributed by atoms with E-state index in [9.17, 15) is 14.0 Å². The molecule has 0 aliphatic carbocycles. The number of halogens is 1. The molecular formula is C23H19FN2O2S. The smallest absolute Gasteiger partial charge is 0.278 e. The SMILES string of the molecule is Cc1cccc(NC2=C(c3cccs3)C(=O)N(CCc3ccc(F)cc3)C2=O)c1. The van der Waals surface area contributed by atoms with Crippen molar-refractivity contribution in [1.29, 1.82) is 0 Å². The van der Waals surface area contributed by atoms with Crippen molar-refractivity contribution < 1.29 is 14.0 Å². The van der Waals surface area contributed by atoms with Crippen LogP contribution < -0.4 is 5.32 Å². The van der Waals surface area contributed by atoms with Crippen molar-refractivity contribution in [3.63, 3.8) is 0 Å². The summed E-state index contributed by atoms with van der Waals surface area (Å²) in [6, 6.07) is 17.4. The molecule has 146 valence electrons. The molecule has 1 aliphatic heterocycles. The Balaban J connectivity index is 1.62. The zero-order valence-electron chi connectivity index (χ0n) is 15.8. The van der Waals surface area contributed by atoms with Gasteiger partial charge in [-0.1, -0.05) is 30.3 Å². The molecular weight excluding hydrogens is 387 g/mol. The topological polar surface area (TPSA) is 49.4 Å². The molecule has 6 heteroatoms. The predicted molar refractivity (Wildman–Crippen MR) is 113 cm³/mol. The number of hydrogen-bond acceptors (Lipinski definition) is 4. The van der Waals surface area contributed by atoms with E-state index >= 15 is 0 Å². The van der Waals surface area contributed by atoms with Crippen LogP contribution in [0.5, 0.6) is 0 Å². The van der Waals surface area contributed by atoms with E-state index in [2.05, 4.69) is 5.32 Å². The average molecular weight is 406 g/mol. The van der Waals surface area contributed by atoms with E-state index < -0.39 is 0 Å². The number of hydrogen-bond donors (Lipinski definition) is 1. The van der Waals surface area contributed by atoms with Crippen molar-refractivity contribution in [2.24, 2.45) is 0 Å². The Bertz CT molecular complexity index is 1090. The van der Waals surface area contributed by atoms with Crippen LogP contribution in [-0.2, 0) is 16.0 Å². The largest absolute Gasteiger partial charge is 0.350 e. The fourth-order valence-corrected chi connectivity index (χ4v) is 4.07. The zero-order chi connectivity index (χ0) is 20.4. The van der Waals surface area contributed by atoms with Crippen LogP contribution in [0.4, 0.5) is 10.1 Å². The number of rotatable bonds is 6. The van der Waals surface area contributed by atoms with Crippen molar-refractivity contribution in [1.82, 2.24) is 4.90 Å². The Morgan fingerprint density at radius 3 is 2.48 bits per heavy atom. The Hall–Kier alpha value is -3.25. The van der Waals surface area contributed by atoms with Gasteiger partial charge in [0.1, 0.15) is 11.5 Å². The molecule has 0 saturated carbocycles. The van der Waals surface area contributed by atoms with Gasteiger partial charge in [-0.25, -0.2) is 4.39 Å². The lowest BCUT2D eigenvalue weighted by Crippen LogP contribution is -2.34. The molecule has 4 nitrogen and oxygen atoms in total.